The van der Waals surface area contributed by atoms with Gasteiger partial charge in [-0.05, 0) is 12.1 Å². The van der Waals surface area contributed by atoms with Gasteiger partial charge in [0.15, 0.2) is 9.84 Å². The number of sulfone groups is 1. The van der Waals surface area contributed by atoms with Gasteiger partial charge >= 0.3 is 0 Å². The molecule has 0 fully saturated rings. The summed E-state index contributed by atoms with van der Waals surface area (Å²) in [5.41, 5.74) is 0. The third kappa shape index (κ3) is 2.70. The van der Waals surface area contributed by atoms with Crippen LogP contribution in [0.2, 0.25) is 0 Å². The zero-order chi connectivity index (χ0) is 12.3. The van der Waals surface area contributed by atoms with E-state index in [0.717, 1.165) is 11.3 Å². The smallest absolute Gasteiger partial charge is 0.184 e. The zero-order valence-corrected chi connectivity index (χ0v) is 10.3. The Morgan fingerprint density at radius 1 is 1.29 bits per heavy atom. The molecule has 0 aliphatic heterocycles. The molecule has 0 unspecified atom stereocenters. The predicted octanol–water partition coefficient (Wildman–Crippen LogP) is 1.99. The first kappa shape index (κ1) is 11.8. The predicted molar refractivity (Wildman–Crippen MR) is 64.2 cm³/mol. The van der Waals surface area contributed by atoms with Crippen molar-refractivity contribution in [3.8, 4) is 6.07 Å². The summed E-state index contributed by atoms with van der Waals surface area (Å²) < 4.78 is 24.0. The van der Waals surface area contributed by atoms with E-state index in [1.54, 1.807) is 30.3 Å². The lowest BCUT2D eigenvalue weighted by Crippen LogP contribution is -2.04. The summed E-state index contributed by atoms with van der Waals surface area (Å²) in [4.78, 5) is 4.61. The molecular formula is C11H8N2O2S2. The van der Waals surface area contributed by atoms with E-state index in [9.17, 15) is 8.42 Å². The van der Waals surface area contributed by atoms with Gasteiger partial charge in [-0.15, -0.1) is 11.3 Å². The Balaban J connectivity index is 2.27. The molecule has 4 nitrogen and oxygen atoms in total. The Bertz CT molecular complexity index is 654. The summed E-state index contributed by atoms with van der Waals surface area (Å²) in [7, 11) is -3.37. The van der Waals surface area contributed by atoms with Gasteiger partial charge < -0.3 is 0 Å². The molecule has 86 valence electrons. The molecule has 0 radical (unpaired) electrons. The Labute approximate surface area is 103 Å². The quantitative estimate of drug-likeness (QED) is 0.850. The molecule has 1 aromatic carbocycles. The zero-order valence-electron chi connectivity index (χ0n) is 8.70. The van der Waals surface area contributed by atoms with Gasteiger partial charge in [0, 0.05) is 0 Å². The number of benzene rings is 1. The van der Waals surface area contributed by atoms with Crippen molar-refractivity contribution < 1.29 is 8.42 Å². The van der Waals surface area contributed by atoms with E-state index < -0.39 is 9.84 Å². The van der Waals surface area contributed by atoms with Crippen molar-refractivity contribution >= 4 is 21.2 Å². The van der Waals surface area contributed by atoms with Crippen molar-refractivity contribution in [3.63, 3.8) is 0 Å². The first-order chi connectivity index (χ1) is 8.12. The molecule has 0 N–H and O–H groups in total. The van der Waals surface area contributed by atoms with Crippen LogP contribution < -0.4 is 0 Å². The highest BCUT2D eigenvalue weighted by molar-refractivity contribution is 7.90. The van der Waals surface area contributed by atoms with Crippen LogP contribution in [0.5, 0.6) is 0 Å². The lowest BCUT2D eigenvalue weighted by atomic mass is 10.4. The van der Waals surface area contributed by atoms with Crippen LogP contribution >= 0.6 is 11.3 Å². The average Bonchev–Trinajstić information content (AvgIpc) is 2.77. The second-order valence-corrected chi connectivity index (χ2v) is 6.41. The fourth-order valence-electron chi connectivity index (χ4n) is 1.30. The number of thiazole rings is 1. The Kier molecular flexibility index (Phi) is 3.22. The molecule has 0 spiro atoms. The Hall–Kier alpha value is -1.71. The molecule has 0 saturated heterocycles. The van der Waals surface area contributed by atoms with Gasteiger partial charge in [0.25, 0.3) is 0 Å². The van der Waals surface area contributed by atoms with Crippen LogP contribution in [0.25, 0.3) is 0 Å². The SMILES string of the molecule is N#Cc1cnc(CS(=O)(=O)c2ccccc2)s1. The molecule has 6 heteroatoms. The van der Waals surface area contributed by atoms with Gasteiger partial charge in [-0.3, -0.25) is 0 Å². The molecule has 2 aromatic rings. The Morgan fingerprint density at radius 3 is 2.59 bits per heavy atom. The monoisotopic (exact) mass is 264 g/mol. The fraction of sp³-hybridized carbons (Fsp3) is 0.0909. The largest absolute Gasteiger partial charge is 0.247 e. The van der Waals surface area contributed by atoms with Crippen molar-refractivity contribution in [2.24, 2.45) is 0 Å². The summed E-state index contributed by atoms with van der Waals surface area (Å²) >= 11 is 1.10. The van der Waals surface area contributed by atoms with E-state index in [-0.39, 0.29) is 10.6 Å². The molecule has 1 aromatic heterocycles. The van der Waals surface area contributed by atoms with Crippen LogP contribution in [-0.2, 0) is 15.6 Å². The molecule has 0 saturated carbocycles. The van der Waals surface area contributed by atoms with E-state index in [2.05, 4.69) is 4.98 Å². The highest BCUT2D eigenvalue weighted by Crippen LogP contribution is 2.19. The minimum Gasteiger partial charge on any atom is -0.247 e. The van der Waals surface area contributed by atoms with Crippen molar-refractivity contribution in [1.29, 1.82) is 5.26 Å². The summed E-state index contributed by atoms with van der Waals surface area (Å²) in [6.45, 7) is 0. The maximum atomic E-state index is 12.0. The van der Waals surface area contributed by atoms with Crippen molar-refractivity contribution in [1.82, 2.24) is 4.98 Å². The van der Waals surface area contributed by atoms with Gasteiger partial charge in [0.1, 0.15) is 21.7 Å². The van der Waals surface area contributed by atoms with Crippen LogP contribution in [0.3, 0.4) is 0 Å². The molecule has 0 bridgehead atoms. The molecule has 1 heterocycles. The number of aromatic nitrogens is 1. The van der Waals surface area contributed by atoms with E-state index in [1.165, 1.54) is 6.20 Å². The summed E-state index contributed by atoms with van der Waals surface area (Å²) in [6.07, 6.45) is 1.39. The lowest BCUT2D eigenvalue weighted by Gasteiger charge is -2.00. The first-order valence-corrected chi connectivity index (χ1v) is 7.21. The van der Waals surface area contributed by atoms with Gasteiger partial charge in [-0.2, -0.15) is 5.26 Å². The summed E-state index contributed by atoms with van der Waals surface area (Å²) in [5.74, 6) is -0.163. The molecule has 17 heavy (non-hydrogen) atoms. The van der Waals surface area contributed by atoms with E-state index in [0.29, 0.717) is 9.88 Å². The molecular weight excluding hydrogens is 256 g/mol. The van der Waals surface area contributed by atoms with Crippen molar-refractivity contribution in [3.05, 3.63) is 46.4 Å². The fourth-order valence-corrected chi connectivity index (χ4v) is 3.65. The highest BCUT2D eigenvalue weighted by Gasteiger charge is 2.17. The summed E-state index contributed by atoms with van der Waals surface area (Å²) in [5, 5.41) is 9.07. The minimum absolute atomic E-state index is 0.163. The van der Waals surface area contributed by atoms with Crippen LogP contribution in [0.4, 0.5) is 0 Å². The molecule has 2 rings (SSSR count). The van der Waals surface area contributed by atoms with E-state index >= 15 is 0 Å². The minimum atomic E-state index is -3.37. The van der Waals surface area contributed by atoms with E-state index in [1.807, 2.05) is 6.07 Å². The first-order valence-electron chi connectivity index (χ1n) is 4.74. The molecule has 0 atom stereocenters. The Morgan fingerprint density at radius 2 is 2.00 bits per heavy atom. The van der Waals surface area contributed by atoms with Crippen molar-refractivity contribution in [2.45, 2.75) is 10.6 Å². The number of nitriles is 1. The number of nitrogens with zero attached hydrogens (tertiary/aromatic N) is 2. The average molecular weight is 264 g/mol. The van der Waals surface area contributed by atoms with Gasteiger partial charge in [0.05, 0.1) is 11.1 Å². The standard InChI is InChI=1S/C11H8N2O2S2/c12-6-9-7-13-11(16-9)8-17(14,15)10-4-2-1-3-5-10/h1-5,7H,8H2. The maximum Gasteiger partial charge on any atom is 0.184 e. The maximum absolute atomic E-state index is 12.0. The van der Waals surface area contributed by atoms with Crippen LogP contribution in [-0.4, -0.2) is 13.4 Å². The van der Waals surface area contributed by atoms with Crippen molar-refractivity contribution in [2.75, 3.05) is 0 Å². The second kappa shape index (κ2) is 4.65. The molecule has 0 aliphatic carbocycles. The van der Waals surface area contributed by atoms with Gasteiger partial charge in [0.2, 0.25) is 0 Å². The summed E-state index contributed by atoms with van der Waals surface area (Å²) in [6, 6.07) is 10.1. The topological polar surface area (TPSA) is 70.8 Å². The molecule has 0 aliphatic rings. The number of hydrogen-bond acceptors (Lipinski definition) is 5. The third-order valence-electron chi connectivity index (χ3n) is 2.08. The van der Waals surface area contributed by atoms with Crippen LogP contribution in [0, 0.1) is 11.3 Å². The van der Waals surface area contributed by atoms with Gasteiger partial charge in [-0.25, -0.2) is 13.4 Å². The van der Waals surface area contributed by atoms with E-state index in [4.69, 9.17) is 5.26 Å². The van der Waals surface area contributed by atoms with Gasteiger partial charge in [-0.1, -0.05) is 18.2 Å². The molecule has 0 amide bonds. The second-order valence-electron chi connectivity index (χ2n) is 3.30. The highest BCUT2D eigenvalue weighted by atomic mass is 32.2. The normalized spacial score (nSPS) is 11.0. The van der Waals surface area contributed by atoms with Crippen LogP contribution in [0.15, 0.2) is 41.4 Å². The van der Waals surface area contributed by atoms with Crippen LogP contribution in [0.1, 0.15) is 9.88 Å². The third-order valence-corrected chi connectivity index (χ3v) is 4.81. The number of rotatable bonds is 3. The number of hydrogen-bond donors (Lipinski definition) is 0. The lowest BCUT2D eigenvalue weighted by molar-refractivity contribution is 0.595.